The molecule has 1 aliphatic carbocycles. The molecule has 0 aromatic carbocycles. The van der Waals surface area contributed by atoms with Gasteiger partial charge in [-0.1, -0.05) is 13.8 Å². The zero-order chi connectivity index (χ0) is 14.7. The van der Waals surface area contributed by atoms with Crippen LogP contribution in [0.2, 0.25) is 0 Å². The first-order valence-corrected chi connectivity index (χ1v) is 8.15. The molecule has 0 spiro atoms. The van der Waals surface area contributed by atoms with Crippen LogP contribution in [0.5, 0.6) is 0 Å². The number of hydrogen-bond donors (Lipinski definition) is 2. The van der Waals surface area contributed by atoms with Crippen molar-refractivity contribution < 1.29 is 9.90 Å². The van der Waals surface area contributed by atoms with Gasteiger partial charge in [-0.15, -0.1) is 0 Å². The van der Waals surface area contributed by atoms with Gasteiger partial charge in [0.15, 0.2) is 0 Å². The van der Waals surface area contributed by atoms with Gasteiger partial charge in [0.1, 0.15) is 0 Å². The summed E-state index contributed by atoms with van der Waals surface area (Å²) in [5.41, 5.74) is 0. The molecule has 4 nitrogen and oxygen atoms in total. The van der Waals surface area contributed by atoms with Crippen LogP contribution >= 0.6 is 0 Å². The predicted octanol–water partition coefficient (Wildman–Crippen LogP) is 1.63. The van der Waals surface area contributed by atoms with Crippen molar-refractivity contribution in [2.24, 2.45) is 17.8 Å². The van der Waals surface area contributed by atoms with Crippen LogP contribution in [-0.2, 0) is 4.79 Å². The van der Waals surface area contributed by atoms with E-state index in [4.69, 9.17) is 0 Å². The number of rotatable bonds is 6. The minimum Gasteiger partial charge on any atom is -0.393 e. The Morgan fingerprint density at radius 2 is 2.00 bits per heavy atom. The molecule has 0 bridgehead atoms. The van der Waals surface area contributed by atoms with Gasteiger partial charge in [-0.2, -0.15) is 0 Å². The molecule has 0 aromatic rings. The van der Waals surface area contributed by atoms with E-state index >= 15 is 0 Å². The number of amides is 1. The second-order valence-electron chi connectivity index (χ2n) is 7.18. The van der Waals surface area contributed by atoms with E-state index < -0.39 is 0 Å². The number of carbonyl (C=O) groups excluding carboxylic acids is 1. The summed E-state index contributed by atoms with van der Waals surface area (Å²) in [6, 6.07) is 0.347. The zero-order valence-electron chi connectivity index (χ0n) is 13.1. The fourth-order valence-electron chi connectivity index (χ4n) is 2.97. The van der Waals surface area contributed by atoms with Gasteiger partial charge in [0.2, 0.25) is 5.91 Å². The summed E-state index contributed by atoms with van der Waals surface area (Å²) < 4.78 is 0. The minimum atomic E-state index is -0.338. The largest absolute Gasteiger partial charge is 0.393 e. The predicted molar refractivity (Wildman–Crippen MR) is 80.3 cm³/mol. The van der Waals surface area contributed by atoms with Crippen LogP contribution in [0.3, 0.4) is 0 Å². The van der Waals surface area contributed by atoms with Gasteiger partial charge in [-0.05, 0) is 44.6 Å². The average Bonchev–Trinajstić information content (AvgIpc) is 3.19. The number of piperidine rings is 1. The van der Waals surface area contributed by atoms with Gasteiger partial charge in [0.25, 0.3) is 0 Å². The van der Waals surface area contributed by atoms with E-state index in [2.05, 4.69) is 19.2 Å². The van der Waals surface area contributed by atoms with Crippen molar-refractivity contribution >= 4 is 5.91 Å². The lowest BCUT2D eigenvalue weighted by atomic mass is 9.89. The first-order valence-electron chi connectivity index (χ1n) is 8.15. The quantitative estimate of drug-likeness (QED) is 0.778. The summed E-state index contributed by atoms with van der Waals surface area (Å²) in [6.07, 6.45) is 3.94. The lowest BCUT2D eigenvalue weighted by Crippen LogP contribution is -2.53. The molecule has 0 aromatic heterocycles. The number of likely N-dealkylation sites (tertiary alicyclic amines) is 1. The van der Waals surface area contributed by atoms with Crippen molar-refractivity contribution in [1.29, 1.82) is 0 Å². The second kappa shape index (κ2) is 6.90. The fourth-order valence-corrected chi connectivity index (χ4v) is 2.97. The Balaban J connectivity index is 1.90. The monoisotopic (exact) mass is 282 g/mol. The molecule has 3 atom stereocenters. The Hall–Kier alpha value is -0.610. The summed E-state index contributed by atoms with van der Waals surface area (Å²) in [4.78, 5) is 14.3. The van der Waals surface area contributed by atoms with Crippen LogP contribution in [0, 0.1) is 17.8 Å². The molecule has 1 saturated carbocycles. The Kier molecular flexibility index (Phi) is 5.44. The van der Waals surface area contributed by atoms with Crippen molar-refractivity contribution in [2.75, 3.05) is 19.6 Å². The maximum Gasteiger partial charge on any atom is 0.222 e. The molecule has 20 heavy (non-hydrogen) atoms. The van der Waals surface area contributed by atoms with Gasteiger partial charge in [0, 0.05) is 31.5 Å². The highest BCUT2D eigenvalue weighted by molar-refractivity contribution is 5.76. The summed E-state index contributed by atoms with van der Waals surface area (Å²) in [5.74, 6) is 1.69. The van der Waals surface area contributed by atoms with Crippen molar-refractivity contribution in [3.05, 3.63) is 0 Å². The van der Waals surface area contributed by atoms with Crippen molar-refractivity contribution in [2.45, 2.75) is 58.6 Å². The van der Waals surface area contributed by atoms with Gasteiger partial charge in [0.05, 0.1) is 6.10 Å². The Morgan fingerprint density at radius 1 is 1.30 bits per heavy atom. The molecule has 1 aliphatic heterocycles. The maximum atomic E-state index is 12.3. The number of aliphatic hydroxyl groups is 1. The highest BCUT2D eigenvalue weighted by Crippen LogP contribution is 2.28. The second-order valence-corrected chi connectivity index (χ2v) is 7.18. The zero-order valence-corrected chi connectivity index (χ0v) is 13.1. The molecule has 3 unspecified atom stereocenters. The van der Waals surface area contributed by atoms with Crippen molar-refractivity contribution in [3.8, 4) is 0 Å². The Morgan fingerprint density at radius 3 is 2.55 bits per heavy atom. The third-order valence-electron chi connectivity index (χ3n) is 4.49. The molecule has 2 rings (SSSR count). The number of nitrogens with one attached hydrogen (secondary N) is 1. The van der Waals surface area contributed by atoms with Crippen molar-refractivity contribution in [3.63, 3.8) is 0 Å². The lowest BCUT2D eigenvalue weighted by Gasteiger charge is -2.39. The van der Waals surface area contributed by atoms with Crippen LogP contribution in [-0.4, -0.2) is 47.7 Å². The average molecular weight is 282 g/mol. The van der Waals surface area contributed by atoms with Crippen LogP contribution in [0.4, 0.5) is 0 Å². The van der Waals surface area contributed by atoms with Gasteiger partial charge >= 0.3 is 0 Å². The van der Waals surface area contributed by atoms with Crippen LogP contribution in [0.15, 0.2) is 0 Å². The molecule has 1 saturated heterocycles. The summed E-state index contributed by atoms with van der Waals surface area (Å²) >= 11 is 0. The normalized spacial score (nSPS) is 28.8. The van der Waals surface area contributed by atoms with Gasteiger partial charge in [-0.25, -0.2) is 0 Å². The highest BCUT2D eigenvalue weighted by atomic mass is 16.3. The number of aliphatic hydroxyl groups excluding tert-OH is 1. The minimum absolute atomic E-state index is 0.205. The van der Waals surface area contributed by atoms with E-state index in [1.807, 2.05) is 11.8 Å². The molecule has 1 amide bonds. The third-order valence-corrected chi connectivity index (χ3v) is 4.49. The molecule has 2 fully saturated rings. The number of hydrogen-bond acceptors (Lipinski definition) is 3. The van der Waals surface area contributed by atoms with Crippen LogP contribution in [0.25, 0.3) is 0 Å². The number of carbonyl (C=O) groups is 1. The molecular weight excluding hydrogens is 252 g/mol. The topological polar surface area (TPSA) is 52.6 Å². The van der Waals surface area contributed by atoms with E-state index in [-0.39, 0.29) is 17.9 Å². The summed E-state index contributed by atoms with van der Waals surface area (Å²) in [5, 5.41) is 13.5. The first-order chi connectivity index (χ1) is 9.45. The highest BCUT2D eigenvalue weighted by Gasteiger charge is 2.33. The van der Waals surface area contributed by atoms with Crippen molar-refractivity contribution in [1.82, 2.24) is 10.2 Å². The fraction of sp³-hybridized carbons (Fsp3) is 0.938. The Bertz CT molecular complexity index is 326. The lowest BCUT2D eigenvalue weighted by molar-refractivity contribution is -0.135. The number of nitrogens with zero attached hydrogens (tertiary/aromatic N) is 1. The summed E-state index contributed by atoms with van der Waals surface area (Å²) in [7, 11) is 0. The van der Waals surface area contributed by atoms with Gasteiger partial charge in [-0.3, -0.25) is 4.79 Å². The standard InChI is InChI=1S/C16H30N2O2/c1-11(2)6-16(20)18-9-14(12(3)19)7-15(10-18)17-8-13-4-5-13/h11-15,17,19H,4-10H2,1-3H3. The SMILES string of the molecule is CC(C)CC(=O)N1CC(NCC2CC2)CC(C(C)O)C1. The molecule has 2 N–H and O–H groups in total. The molecular formula is C16H30N2O2. The summed E-state index contributed by atoms with van der Waals surface area (Å²) in [6.45, 7) is 8.60. The maximum absolute atomic E-state index is 12.3. The molecule has 0 radical (unpaired) electrons. The molecule has 4 heteroatoms. The van der Waals surface area contributed by atoms with E-state index in [0.29, 0.717) is 24.9 Å². The third kappa shape index (κ3) is 4.74. The first kappa shape index (κ1) is 15.8. The van der Waals surface area contributed by atoms with Crippen LogP contribution in [0.1, 0.15) is 46.5 Å². The van der Waals surface area contributed by atoms with E-state index in [9.17, 15) is 9.90 Å². The molecule has 1 heterocycles. The molecule has 2 aliphatic rings. The van der Waals surface area contributed by atoms with E-state index in [0.717, 1.165) is 25.4 Å². The van der Waals surface area contributed by atoms with E-state index in [1.54, 1.807) is 0 Å². The van der Waals surface area contributed by atoms with E-state index in [1.165, 1.54) is 12.8 Å². The van der Waals surface area contributed by atoms with Crippen LogP contribution < -0.4 is 5.32 Å². The Labute approximate surface area is 122 Å². The smallest absolute Gasteiger partial charge is 0.222 e. The van der Waals surface area contributed by atoms with Gasteiger partial charge < -0.3 is 15.3 Å². The molecule has 116 valence electrons.